The molecule has 3 aromatic carbocycles. The fourth-order valence-corrected chi connectivity index (χ4v) is 4.40. The van der Waals surface area contributed by atoms with Crippen molar-refractivity contribution in [1.82, 2.24) is 9.97 Å². The molecule has 0 saturated heterocycles. The standard InChI is InChI=1S/C16H9ClF3N.C10H5Cl2F2N/c1-8-15(17)14-12(20)6-9(18)7-13(14)21-16(8)10-4-2-3-5-11(10)19;1-4-9(11)8-6(14)2-5(13)3-7(8)15-10(4)12/h2-7H,1H3;2-3H,1H3. The monoisotopic (exact) mass is 554 g/mol. The van der Waals surface area contributed by atoms with Crippen LogP contribution >= 0.6 is 34.8 Å². The second-order valence-electron chi connectivity index (χ2n) is 7.78. The van der Waals surface area contributed by atoms with Crippen LogP contribution in [0, 0.1) is 42.9 Å². The zero-order valence-corrected chi connectivity index (χ0v) is 20.8. The summed E-state index contributed by atoms with van der Waals surface area (Å²) in [6, 6.07) is 9.73. The van der Waals surface area contributed by atoms with Crippen LogP contribution in [0.1, 0.15) is 11.1 Å². The van der Waals surface area contributed by atoms with Crippen LogP contribution < -0.4 is 0 Å². The Morgan fingerprint density at radius 1 is 0.611 bits per heavy atom. The Balaban J connectivity index is 0.000000179. The quantitative estimate of drug-likeness (QED) is 0.152. The highest BCUT2D eigenvalue weighted by molar-refractivity contribution is 6.39. The Morgan fingerprint density at radius 2 is 1.11 bits per heavy atom. The molecule has 0 saturated carbocycles. The van der Waals surface area contributed by atoms with Gasteiger partial charge in [0, 0.05) is 35.4 Å². The molecule has 0 unspecified atom stereocenters. The number of fused-ring (bicyclic) bond motifs is 2. The second kappa shape index (κ2) is 10.2. The smallest absolute Gasteiger partial charge is 0.137 e. The Hall–Kier alpha value is -3.00. The van der Waals surface area contributed by atoms with Crippen LogP contribution in [-0.4, -0.2) is 9.97 Å². The molecule has 0 fully saturated rings. The van der Waals surface area contributed by atoms with E-state index in [9.17, 15) is 22.0 Å². The van der Waals surface area contributed by atoms with Gasteiger partial charge in [-0.25, -0.2) is 31.9 Å². The average Bonchev–Trinajstić information content (AvgIpc) is 2.80. The van der Waals surface area contributed by atoms with Gasteiger partial charge < -0.3 is 0 Å². The predicted octanol–water partition coefficient (Wildman–Crippen LogP) is 9.41. The van der Waals surface area contributed by atoms with Crippen LogP contribution in [0.25, 0.3) is 33.1 Å². The van der Waals surface area contributed by atoms with Crippen molar-refractivity contribution in [3.05, 3.63) is 104 Å². The summed E-state index contributed by atoms with van der Waals surface area (Å²) < 4.78 is 67.4. The molecule has 2 aromatic heterocycles. The summed E-state index contributed by atoms with van der Waals surface area (Å²) in [4.78, 5) is 8.04. The molecular formula is C26H14Cl3F5N2. The molecule has 0 bridgehead atoms. The molecule has 10 heteroatoms. The fraction of sp³-hybridized carbons (Fsp3) is 0.0769. The van der Waals surface area contributed by atoms with E-state index < -0.39 is 29.1 Å². The van der Waals surface area contributed by atoms with Gasteiger partial charge in [-0.2, -0.15) is 0 Å². The molecule has 0 aliphatic rings. The lowest BCUT2D eigenvalue weighted by Gasteiger charge is -2.11. The van der Waals surface area contributed by atoms with Gasteiger partial charge in [0.15, 0.2) is 0 Å². The third kappa shape index (κ3) is 4.83. The maximum atomic E-state index is 13.9. The van der Waals surface area contributed by atoms with Crippen LogP contribution in [0.15, 0.2) is 48.5 Å². The lowest BCUT2D eigenvalue weighted by atomic mass is 10.0. The minimum absolute atomic E-state index is 0.0376. The number of hydrogen-bond acceptors (Lipinski definition) is 2. The van der Waals surface area contributed by atoms with Gasteiger partial charge in [0.2, 0.25) is 0 Å². The van der Waals surface area contributed by atoms with Crippen molar-refractivity contribution in [3.63, 3.8) is 0 Å². The molecule has 184 valence electrons. The summed E-state index contributed by atoms with van der Waals surface area (Å²) in [5.74, 6) is -3.45. The van der Waals surface area contributed by atoms with Gasteiger partial charge in [-0.1, -0.05) is 46.9 Å². The first-order valence-electron chi connectivity index (χ1n) is 10.3. The molecule has 0 N–H and O–H groups in total. The van der Waals surface area contributed by atoms with E-state index >= 15 is 0 Å². The third-order valence-electron chi connectivity index (χ3n) is 5.41. The third-order valence-corrected chi connectivity index (χ3v) is 6.72. The maximum Gasteiger partial charge on any atom is 0.137 e. The van der Waals surface area contributed by atoms with E-state index in [1.807, 2.05) is 0 Å². The first-order valence-corrected chi connectivity index (χ1v) is 11.4. The number of hydrogen-bond donors (Lipinski definition) is 0. The molecule has 0 atom stereocenters. The van der Waals surface area contributed by atoms with Crippen molar-refractivity contribution >= 4 is 56.6 Å². The van der Waals surface area contributed by atoms with Crippen molar-refractivity contribution < 1.29 is 22.0 Å². The SMILES string of the molecule is Cc1c(-c2ccccc2F)nc2cc(F)cc(F)c2c1Cl.Cc1c(Cl)nc2cc(F)cc(F)c2c1Cl. The predicted molar refractivity (Wildman–Crippen MR) is 133 cm³/mol. The molecule has 36 heavy (non-hydrogen) atoms. The van der Waals surface area contributed by atoms with E-state index in [0.717, 1.165) is 24.3 Å². The Labute approximate surface area is 217 Å². The van der Waals surface area contributed by atoms with E-state index in [-0.39, 0.29) is 48.3 Å². The largest absolute Gasteiger partial charge is 0.247 e. The van der Waals surface area contributed by atoms with Crippen LogP contribution in [0.4, 0.5) is 22.0 Å². The molecule has 5 rings (SSSR count). The van der Waals surface area contributed by atoms with E-state index in [4.69, 9.17) is 34.8 Å². The van der Waals surface area contributed by atoms with E-state index in [2.05, 4.69) is 9.97 Å². The van der Waals surface area contributed by atoms with Crippen molar-refractivity contribution in [1.29, 1.82) is 0 Å². The van der Waals surface area contributed by atoms with Crippen LogP contribution in [-0.2, 0) is 0 Å². The van der Waals surface area contributed by atoms with Crippen molar-refractivity contribution in [2.24, 2.45) is 0 Å². The highest BCUT2D eigenvalue weighted by atomic mass is 35.5. The minimum Gasteiger partial charge on any atom is -0.247 e. The van der Waals surface area contributed by atoms with E-state index in [1.165, 1.54) is 6.07 Å². The molecule has 0 aliphatic heterocycles. The number of halogens is 8. The zero-order valence-electron chi connectivity index (χ0n) is 18.5. The average molecular weight is 556 g/mol. The highest BCUT2D eigenvalue weighted by Crippen LogP contribution is 2.35. The first-order chi connectivity index (χ1) is 17.0. The highest BCUT2D eigenvalue weighted by Gasteiger charge is 2.18. The molecular weight excluding hydrogens is 542 g/mol. The zero-order chi connectivity index (χ0) is 26.3. The first kappa shape index (κ1) is 26.1. The van der Waals surface area contributed by atoms with Crippen molar-refractivity contribution in [2.75, 3.05) is 0 Å². The van der Waals surface area contributed by atoms with Gasteiger partial charge in [0.25, 0.3) is 0 Å². The normalized spacial score (nSPS) is 11.1. The molecule has 0 radical (unpaired) electrons. The van der Waals surface area contributed by atoms with E-state index in [1.54, 1.807) is 32.0 Å². The Morgan fingerprint density at radius 3 is 1.67 bits per heavy atom. The van der Waals surface area contributed by atoms with Gasteiger partial charge in [-0.3, -0.25) is 0 Å². The van der Waals surface area contributed by atoms with Crippen LogP contribution in [0.2, 0.25) is 15.2 Å². The van der Waals surface area contributed by atoms with E-state index in [0.29, 0.717) is 11.1 Å². The summed E-state index contributed by atoms with van der Waals surface area (Å²) in [6.45, 7) is 3.25. The number of pyridine rings is 2. The summed E-state index contributed by atoms with van der Waals surface area (Å²) in [7, 11) is 0. The molecule has 0 amide bonds. The number of benzene rings is 3. The molecule has 0 aliphatic carbocycles. The van der Waals surface area contributed by atoms with Gasteiger partial charge in [-0.15, -0.1) is 0 Å². The summed E-state index contributed by atoms with van der Waals surface area (Å²) in [5, 5.41) is 0.561. The summed E-state index contributed by atoms with van der Waals surface area (Å²) in [5.41, 5.74) is 1.62. The molecule has 2 nitrogen and oxygen atoms in total. The Kier molecular flexibility index (Phi) is 7.36. The second-order valence-corrected chi connectivity index (χ2v) is 8.90. The van der Waals surface area contributed by atoms with Gasteiger partial charge in [-0.05, 0) is 31.5 Å². The summed E-state index contributed by atoms with van der Waals surface area (Å²) in [6.07, 6.45) is 0. The lowest BCUT2D eigenvalue weighted by Crippen LogP contribution is -1.96. The molecule has 2 heterocycles. The van der Waals surface area contributed by atoms with Gasteiger partial charge >= 0.3 is 0 Å². The number of aromatic nitrogens is 2. The lowest BCUT2D eigenvalue weighted by molar-refractivity contribution is 0.590. The van der Waals surface area contributed by atoms with Gasteiger partial charge in [0.1, 0.15) is 34.2 Å². The Bertz CT molecular complexity index is 1660. The fourth-order valence-electron chi connectivity index (χ4n) is 3.61. The van der Waals surface area contributed by atoms with Crippen molar-refractivity contribution in [2.45, 2.75) is 13.8 Å². The number of rotatable bonds is 1. The van der Waals surface area contributed by atoms with Crippen molar-refractivity contribution in [3.8, 4) is 11.3 Å². The van der Waals surface area contributed by atoms with Gasteiger partial charge in [0.05, 0.1) is 37.5 Å². The number of nitrogens with zero attached hydrogens (tertiary/aromatic N) is 2. The van der Waals surface area contributed by atoms with Crippen LogP contribution in [0.3, 0.4) is 0 Å². The topological polar surface area (TPSA) is 25.8 Å². The van der Waals surface area contributed by atoms with Crippen LogP contribution in [0.5, 0.6) is 0 Å². The minimum atomic E-state index is -0.786. The summed E-state index contributed by atoms with van der Waals surface area (Å²) >= 11 is 17.8. The molecule has 5 aromatic rings. The molecule has 0 spiro atoms. The maximum absolute atomic E-state index is 13.9.